The maximum Gasteiger partial charge on any atom is 0.343 e. The van der Waals surface area contributed by atoms with E-state index in [0.29, 0.717) is 5.56 Å². The Morgan fingerprint density at radius 1 is 0.750 bits per heavy atom. The predicted octanol–water partition coefficient (Wildman–Crippen LogP) is 5.22. The lowest BCUT2D eigenvalue weighted by molar-refractivity contribution is 0.0733. The molecule has 0 amide bonds. The summed E-state index contributed by atoms with van der Waals surface area (Å²) in [4.78, 5) is 24.6. The van der Waals surface area contributed by atoms with E-state index in [4.69, 9.17) is 4.74 Å². The second-order valence-electron chi connectivity index (χ2n) is 5.79. The lowest BCUT2D eigenvalue weighted by Gasteiger charge is -2.08. The van der Waals surface area contributed by atoms with Crippen LogP contribution >= 0.6 is 0 Å². The fourth-order valence-electron chi connectivity index (χ4n) is 2.36. The van der Waals surface area contributed by atoms with Gasteiger partial charge in [-0.1, -0.05) is 18.2 Å². The molecule has 0 saturated heterocycles. The van der Waals surface area contributed by atoms with Crippen LogP contribution in [0.4, 0.5) is 13.2 Å². The van der Waals surface area contributed by atoms with Crippen LogP contribution in [0.2, 0.25) is 0 Å². The molecule has 0 atom stereocenters. The van der Waals surface area contributed by atoms with Gasteiger partial charge in [-0.3, -0.25) is 4.79 Å². The van der Waals surface area contributed by atoms with Gasteiger partial charge >= 0.3 is 5.97 Å². The smallest absolute Gasteiger partial charge is 0.343 e. The molecule has 0 bridgehead atoms. The van der Waals surface area contributed by atoms with Crippen LogP contribution in [-0.4, -0.2) is 11.8 Å². The average molecular weight is 382 g/mol. The maximum atomic E-state index is 13.6. The SMILES string of the molecule is O=C(Oc1ccc(F)cc1C(=O)C=Cc1ccc(F)cc1)c1ccc(F)cc1. The van der Waals surface area contributed by atoms with Gasteiger partial charge in [0, 0.05) is 0 Å². The van der Waals surface area contributed by atoms with E-state index in [1.54, 1.807) is 0 Å². The van der Waals surface area contributed by atoms with E-state index in [9.17, 15) is 22.8 Å². The summed E-state index contributed by atoms with van der Waals surface area (Å²) in [5.41, 5.74) is 0.482. The van der Waals surface area contributed by atoms with Crippen LogP contribution in [0, 0.1) is 17.5 Å². The van der Waals surface area contributed by atoms with E-state index in [-0.39, 0.29) is 16.9 Å². The summed E-state index contributed by atoms with van der Waals surface area (Å²) in [7, 11) is 0. The molecule has 0 aliphatic carbocycles. The Balaban J connectivity index is 1.83. The van der Waals surface area contributed by atoms with Crippen molar-refractivity contribution in [3.05, 3.63) is 107 Å². The number of carbonyl (C=O) groups excluding carboxylic acids is 2. The minimum absolute atomic E-state index is 0.0750. The van der Waals surface area contributed by atoms with E-state index in [1.165, 1.54) is 42.5 Å². The Hall–Kier alpha value is -3.67. The summed E-state index contributed by atoms with van der Waals surface area (Å²) in [5, 5.41) is 0. The van der Waals surface area contributed by atoms with Gasteiger partial charge in [0.05, 0.1) is 11.1 Å². The van der Waals surface area contributed by atoms with Crippen molar-refractivity contribution >= 4 is 17.8 Å². The van der Waals surface area contributed by atoms with Crippen molar-refractivity contribution in [2.75, 3.05) is 0 Å². The van der Waals surface area contributed by atoms with Gasteiger partial charge in [0.1, 0.15) is 23.2 Å². The highest BCUT2D eigenvalue weighted by Gasteiger charge is 2.16. The van der Waals surface area contributed by atoms with E-state index in [1.807, 2.05) is 0 Å². The fourth-order valence-corrected chi connectivity index (χ4v) is 2.36. The molecule has 0 fully saturated rings. The highest BCUT2D eigenvalue weighted by atomic mass is 19.1. The number of allylic oxidation sites excluding steroid dienone is 1. The topological polar surface area (TPSA) is 43.4 Å². The Morgan fingerprint density at radius 3 is 1.96 bits per heavy atom. The molecule has 0 heterocycles. The Morgan fingerprint density at radius 2 is 1.32 bits per heavy atom. The van der Waals surface area contributed by atoms with Crippen LogP contribution < -0.4 is 4.74 Å². The lowest BCUT2D eigenvalue weighted by atomic mass is 10.1. The van der Waals surface area contributed by atoms with Gasteiger partial charge < -0.3 is 4.74 Å². The van der Waals surface area contributed by atoms with Crippen LogP contribution in [0.25, 0.3) is 6.08 Å². The van der Waals surface area contributed by atoms with Gasteiger partial charge in [-0.15, -0.1) is 0 Å². The molecule has 0 radical (unpaired) electrons. The molecule has 0 aliphatic rings. The van der Waals surface area contributed by atoms with Crippen LogP contribution in [0.5, 0.6) is 5.75 Å². The molecule has 3 nitrogen and oxygen atoms in total. The molecule has 3 rings (SSSR count). The Bertz CT molecular complexity index is 1040. The number of hydrogen-bond acceptors (Lipinski definition) is 3. The first-order chi connectivity index (χ1) is 13.4. The van der Waals surface area contributed by atoms with E-state index >= 15 is 0 Å². The van der Waals surface area contributed by atoms with E-state index in [0.717, 1.165) is 36.4 Å². The number of hydrogen-bond donors (Lipinski definition) is 0. The molecular weight excluding hydrogens is 369 g/mol. The molecule has 6 heteroatoms. The summed E-state index contributed by atoms with van der Waals surface area (Å²) in [5.74, 6) is -3.16. The van der Waals surface area contributed by atoms with E-state index in [2.05, 4.69) is 0 Å². The number of benzene rings is 3. The quantitative estimate of drug-likeness (QED) is 0.263. The van der Waals surface area contributed by atoms with Crippen LogP contribution in [-0.2, 0) is 0 Å². The molecule has 3 aromatic rings. The van der Waals surface area contributed by atoms with E-state index < -0.39 is 29.2 Å². The molecule has 28 heavy (non-hydrogen) atoms. The second-order valence-corrected chi connectivity index (χ2v) is 5.79. The zero-order valence-corrected chi connectivity index (χ0v) is 14.4. The summed E-state index contributed by atoms with van der Waals surface area (Å²) in [6, 6.07) is 13.2. The number of ketones is 1. The number of carbonyl (C=O) groups is 2. The zero-order valence-electron chi connectivity index (χ0n) is 14.4. The monoisotopic (exact) mass is 382 g/mol. The first kappa shape index (κ1) is 19.1. The van der Waals surface area contributed by atoms with Crippen molar-refractivity contribution in [1.82, 2.24) is 0 Å². The lowest BCUT2D eigenvalue weighted by Crippen LogP contribution is -2.11. The molecule has 140 valence electrons. The van der Waals surface area contributed by atoms with Crippen LogP contribution in [0.15, 0.2) is 72.8 Å². The molecule has 0 unspecified atom stereocenters. The van der Waals surface area contributed by atoms with Gasteiger partial charge in [0.2, 0.25) is 0 Å². The number of ether oxygens (including phenoxy) is 1. The average Bonchev–Trinajstić information content (AvgIpc) is 2.69. The summed E-state index contributed by atoms with van der Waals surface area (Å²) in [6.45, 7) is 0. The highest BCUT2D eigenvalue weighted by molar-refractivity contribution is 6.09. The molecule has 0 aromatic heterocycles. The molecule has 3 aromatic carbocycles. The largest absolute Gasteiger partial charge is 0.422 e. The third-order valence-electron chi connectivity index (χ3n) is 3.79. The normalized spacial score (nSPS) is 10.8. The van der Waals surface area contributed by atoms with Gasteiger partial charge in [0.25, 0.3) is 0 Å². The summed E-state index contributed by atoms with van der Waals surface area (Å²) < 4.78 is 44.7. The molecule has 0 spiro atoms. The van der Waals surface area contributed by atoms with Crippen molar-refractivity contribution in [3.63, 3.8) is 0 Å². The molecule has 0 aliphatic heterocycles. The third-order valence-corrected chi connectivity index (χ3v) is 3.79. The number of esters is 1. The number of halogens is 3. The molecular formula is C22H13F3O3. The molecule has 0 N–H and O–H groups in total. The van der Waals surface area contributed by atoms with Crippen molar-refractivity contribution in [3.8, 4) is 5.75 Å². The predicted molar refractivity (Wildman–Crippen MR) is 97.5 cm³/mol. The van der Waals surface area contributed by atoms with Gasteiger partial charge in [-0.2, -0.15) is 0 Å². The van der Waals surface area contributed by atoms with Gasteiger partial charge in [0.15, 0.2) is 5.78 Å². The maximum absolute atomic E-state index is 13.6. The fraction of sp³-hybridized carbons (Fsp3) is 0. The minimum atomic E-state index is -0.817. The summed E-state index contributed by atoms with van der Waals surface area (Å²) in [6.07, 6.45) is 2.59. The third kappa shape index (κ3) is 4.73. The molecule has 0 saturated carbocycles. The first-order valence-electron chi connectivity index (χ1n) is 8.17. The van der Waals surface area contributed by atoms with Crippen LogP contribution in [0.3, 0.4) is 0 Å². The highest BCUT2D eigenvalue weighted by Crippen LogP contribution is 2.22. The minimum Gasteiger partial charge on any atom is -0.422 e. The number of rotatable bonds is 5. The van der Waals surface area contributed by atoms with Crippen molar-refractivity contribution in [1.29, 1.82) is 0 Å². The summed E-state index contributed by atoms with van der Waals surface area (Å²) >= 11 is 0. The Kier molecular flexibility index (Phi) is 5.69. The second kappa shape index (κ2) is 8.35. The van der Waals surface area contributed by atoms with Crippen LogP contribution in [0.1, 0.15) is 26.3 Å². The van der Waals surface area contributed by atoms with Crippen molar-refractivity contribution < 1.29 is 27.5 Å². The zero-order chi connectivity index (χ0) is 20.1. The standard InChI is InChI=1S/C22H13F3O3/c23-16-6-1-14(2-7-16)3-11-20(26)19-13-18(25)10-12-21(19)28-22(27)15-4-8-17(24)9-5-15/h1-13H. The van der Waals surface area contributed by atoms with Crippen molar-refractivity contribution in [2.24, 2.45) is 0 Å². The van der Waals surface area contributed by atoms with Gasteiger partial charge in [-0.25, -0.2) is 18.0 Å². The first-order valence-corrected chi connectivity index (χ1v) is 8.17. The van der Waals surface area contributed by atoms with Gasteiger partial charge in [-0.05, 0) is 66.2 Å². The Labute approximate surface area is 158 Å². The van der Waals surface area contributed by atoms with Crippen molar-refractivity contribution in [2.45, 2.75) is 0 Å².